The molecule has 3 rings (SSSR count). The van der Waals surface area contributed by atoms with Crippen LogP contribution in [-0.2, 0) is 0 Å². The Bertz CT molecular complexity index is 418. The van der Waals surface area contributed by atoms with Gasteiger partial charge in [0.2, 0.25) is 0 Å². The van der Waals surface area contributed by atoms with Crippen LogP contribution in [0.2, 0.25) is 0 Å². The van der Waals surface area contributed by atoms with Crippen LogP contribution in [0.15, 0.2) is 18.2 Å². The van der Waals surface area contributed by atoms with Crippen LogP contribution in [-0.4, -0.2) is 38.3 Å². The summed E-state index contributed by atoms with van der Waals surface area (Å²) in [7, 11) is 1.75. The maximum atomic E-state index is 5.90. The standard InChI is InChI=1S/C15H21NO2/c1-3-7-16-8-11-10-18-14-6-4-5-13(17-2)15(14)12(11)9-16/h4-6,11-12H,3,7-10H2,1-2H3. The fraction of sp³-hybridized carbons (Fsp3) is 0.600. The molecule has 3 heteroatoms. The quantitative estimate of drug-likeness (QED) is 0.819. The molecule has 0 saturated carbocycles. The average Bonchev–Trinajstić information content (AvgIpc) is 2.81. The van der Waals surface area contributed by atoms with Crippen LogP contribution in [0.3, 0.4) is 0 Å². The predicted octanol–water partition coefficient (Wildman–Crippen LogP) is 2.51. The molecule has 1 fully saturated rings. The van der Waals surface area contributed by atoms with E-state index in [4.69, 9.17) is 9.47 Å². The van der Waals surface area contributed by atoms with Gasteiger partial charge in [0.1, 0.15) is 11.5 Å². The monoisotopic (exact) mass is 247 g/mol. The smallest absolute Gasteiger partial charge is 0.126 e. The molecular formula is C15H21NO2. The summed E-state index contributed by atoms with van der Waals surface area (Å²) >= 11 is 0. The SMILES string of the molecule is CCCN1CC2COc3cccc(OC)c3C2C1. The van der Waals surface area contributed by atoms with Crippen molar-refractivity contribution in [3.63, 3.8) is 0 Å². The highest BCUT2D eigenvalue weighted by atomic mass is 16.5. The highest BCUT2D eigenvalue weighted by Gasteiger charge is 2.39. The Morgan fingerprint density at radius 2 is 2.28 bits per heavy atom. The third-order valence-corrected chi connectivity index (χ3v) is 4.13. The largest absolute Gasteiger partial charge is 0.496 e. The van der Waals surface area contributed by atoms with Crippen molar-refractivity contribution >= 4 is 0 Å². The molecule has 0 N–H and O–H groups in total. The average molecular weight is 247 g/mol. The van der Waals surface area contributed by atoms with E-state index >= 15 is 0 Å². The van der Waals surface area contributed by atoms with Crippen LogP contribution in [0.1, 0.15) is 24.8 Å². The Balaban J connectivity index is 1.92. The first-order valence-corrected chi connectivity index (χ1v) is 6.85. The molecule has 2 unspecified atom stereocenters. The Kier molecular flexibility index (Phi) is 3.16. The second-order valence-corrected chi connectivity index (χ2v) is 5.31. The summed E-state index contributed by atoms with van der Waals surface area (Å²) < 4.78 is 11.4. The van der Waals surface area contributed by atoms with Gasteiger partial charge in [0, 0.05) is 30.5 Å². The Labute approximate surface area is 109 Å². The molecule has 98 valence electrons. The summed E-state index contributed by atoms with van der Waals surface area (Å²) in [6, 6.07) is 6.13. The fourth-order valence-electron chi connectivity index (χ4n) is 3.35. The molecule has 0 radical (unpaired) electrons. The van der Waals surface area contributed by atoms with Gasteiger partial charge >= 0.3 is 0 Å². The van der Waals surface area contributed by atoms with Crippen LogP contribution in [0.4, 0.5) is 0 Å². The normalized spacial score (nSPS) is 26.3. The number of benzene rings is 1. The molecule has 18 heavy (non-hydrogen) atoms. The number of rotatable bonds is 3. The second kappa shape index (κ2) is 4.81. The number of fused-ring (bicyclic) bond motifs is 3. The third kappa shape index (κ3) is 1.87. The second-order valence-electron chi connectivity index (χ2n) is 5.31. The highest BCUT2D eigenvalue weighted by molar-refractivity contribution is 5.49. The van der Waals surface area contributed by atoms with Gasteiger partial charge in [-0.15, -0.1) is 0 Å². The zero-order valence-electron chi connectivity index (χ0n) is 11.2. The molecule has 2 heterocycles. The summed E-state index contributed by atoms with van der Waals surface area (Å²) in [5.74, 6) is 3.21. The molecule has 1 aromatic rings. The number of nitrogens with zero attached hydrogens (tertiary/aromatic N) is 1. The van der Waals surface area contributed by atoms with Crippen molar-refractivity contribution in [2.45, 2.75) is 19.3 Å². The molecule has 0 amide bonds. The first-order valence-electron chi connectivity index (χ1n) is 6.85. The summed E-state index contributed by atoms with van der Waals surface area (Å²) in [6.07, 6.45) is 1.22. The molecule has 1 aromatic carbocycles. The molecule has 0 spiro atoms. The minimum Gasteiger partial charge on any atom is -0.496 e. The number of hydrogen-bond donors (Lipinski definition) is 0. The van der Waals surface area contributed by atoms with Crippen molar-refractivity contribution in [3.05, 3.63) is 23.8 Å². The number of hydrogen-bond acceptors (Lipinski definition) is 3. The van der Waals surface area contributed by atoms with Gasteiger partial charge in [-0.2, -0.15) is 0 Å². The highest BCUT2D eigenvalue weighted by Crippen LogP contribution is 2.45. The van der Waals surface area contributed by atoms with Gasteiger partial charge in [0.15, 0.2) is 0 Å². The molecule has 1 saturated heterocycles. The Morgan fingerprint density at radius 1 is 1.39 bits per heavy atom. The molecule has 0 aromatic heterocycles. The third-order valence-electron chi connectivity index (χ3n) is 4.13. The van der Waals surface area contributed by atoms with E-state index < -0.39 is 0 Å². The van der Waals surface area contributed by atoms with Crippen molar-refractivity contribution in [1.82, 2.24) is 4.90 Å². The van der Waals surface area contributed by atoms with E-state index in [0.717, 1.165) is 31.2 Å². The van der Waals surface area contributed by atoms with E-state index in [1.165, 1.54) is 18.5 Å². The Morgan fingerprint density at radius 3 is 3.06 bits per heavy atom. The van der Waals surface area contributed by atoms with Crippen LogP contribution in [0.5, 0.6) is 11.5 Å². The van der Waals surface area contributed by atoms with Gasteiger partial charge in [-0.1, -0.05) is 13.0 Å². The zero-order chi connectivity index (χ0) is 12.5. The van der Waals surface area contributed by atoms with Gasteiger partial charge in [-0.05, 0) is 25.1 Å². The molecule has 2 aliphatic heterocycles. The van der Waals surface area contributed by atoms with Crippen molar-refractivity contribution < 1.29 is 9.47 Å². The molecular weight excluding hydrogens is 226 g/mol. The number of ether oxygens (including phenoxy) is 2. The van der Waals surface area contributed by atoms with E-state index in [9.17, 15) is 0 Å². The maximum absolute atomic E-state index is 5.90. The van der Waals surface area contributed by atoms with Crippen LogP contribution >= 0.6 is 0 Å². The molecule has 2 atom stereocenters. The summed E-state index contributed by atoms with van der Waals surface area (Å²) in [5, 5.41) is 0. The van der Waals surface area contributed by atoms with Crippen LogP contribution < -0.4 is 9.47 Å². The Hall–Kier alpha value is -1.22. The number of likely N-dealkylation sites (tertiary alicyclic amines) is 1. The van der Waals surface area contributed by atoms with Gasteiger partial charge in [-0.3, -0.25) is 0 Å². The summed E-state index contributed by atoms with van der Waals surface area (Å²) in [4.78, 5) is 2.56. The maximum Gasteiger partial charge on any atom is 0.126 e. The molecule has 2 aliphatic rings. The topological polar surface area (TPSA) is 21.7 Å². The van der Waals surface area contributed by atoms with E-state index in [1.54, 1.807) is 7.11 Å². The molecule has 3 nitrogen and oxygen atoms in total. The fourth-order valence-corrected chi connectivity index (χ4v) is 3.35. The van der Waals surface area contributed by atoms with Crippen molar-refractivity contribution in [2.24, 2.45) is 5.92 Å². The van der Waals surface area contributed by atoms with Crippen LogP contribution in [0.25, 0.3) is 0 Å². The predicted molar refractivity (Wildman–Crippen MR) is 71.5 cm³/mol. The van der Waals surface area contributed by atoms with E-state index in [1.807, 2.05) is 12.1 Å². The minimum atomic E-state index is 0.580. The zero-order valence-corrected chi connectivity index (χ0v) is 11.2. The van der Waals surface area contributed by atoms with Crippen LogP contribution in [0, 0.1) is 5.92 Å². The first kappa shape index (κ1) is 11.8. The number of methoxy groups -OCH3 is 1. The lowest BCUT2D eigenvalue weighted by Crippen LogP contribution is -2.25. The van der Waals surface area contributed by atoms with E-state index in [-0.39, 0.29) is 0 Å². The lowest BCUT2D eigenvalue weighted by atomic mass is 9.86. The van der Waals surface area contributed by atoms with Crippen molar-refractivity contribution in [1.29, 1.82) is 0 Å². The van der Waals surface area contributed by atoms with Crippen molar-refractivity contribution in [3.8, 4) is 11.5 Å². The summed E-state index contributed by atoms with van der Waals surface area (Å²) in [6.45, 7) is 6.60. The lowest BCUT2D eigenvalue weighted by Gasteiger charge is -2.29. The summed E-state index contributed by atoms with van der Waals surface area (Å²) in [5.41, 5.74) is 1.29. The van der Waals surface area contributed by atoms with E-state index in [2.05, 4.69) is 17.9 Å². The van der Waals surface area contributed by atoms with Gasteiger partial charge in [0.05, 0.1) is 13.7 Å². The lowest BCUT2D eigenvalue weighted by molar-refractivity contribution is 0.209. The van der Waals surface area contributed by atoms with Gasteiger partial charge < -0.3 is 14.4 Å². The van der Waals surface area contributed by atoms with E-state index in [0.29, 0.717) is 11.8 Å². The molecule has 0 aliphatic carbocycles. The van der Waals surface area contributed by atoms with Gasteiger partial charge in [0.25, 0.3) is 0 Å². The molecule has 0 bridgehead atoms. The van der Waals surface area contributed by atoms with Gasteiger partial charge in [-0.25, -0.2) is 0 Å². The first-order chi connectivity index (χ1) is 8.83. The van der Waals surface area contributed by atoms with Crippen molar-refractivity contribution in [2.75, 3.05) is 33.4 Å². The minimum absolute atomic E-state index is 0.580.